The first-order valence-electron chi connectivity index (χ1n) is 11.9. The lowest BCUT2D eigenvalue weighted by atomic mass is 9.98. The number of pyridine rings is 1. The zero-order valence-corrected chi connectivity index (χ0v) is 22.8. The Balaban J connectivity index is 2.06. The third-order valence-electron chi connectivity index (χ3n) is 5.99. The number of hydrogen-bond acceptors (Lipinski definition) is 6. The third-order valence-corrected chi connectivity index (χ3v) is 6.37. The van der Waals surface area contributed by atoms with E-state index in [0.717, 1.165) is 27.9 Å². The summed E-state index contributed by atoms with van der Waals surface area (Å²) in [6.07, 6.45) is 5.93. The number of nitrogens with zero attached hydrogens (tertiary/aromatic N) is 1. The van der Waals surface area contributed by atoms with Gasteiger partial charge in [-0.3, -0.25) is 9.59 Å². The number of aryl methyl sites for hydroxylation is 2. The van der Waals surface area contributed by atoms with Gasteiger partial charge in [0.25, 0.3) is 0 Å². The van der Waals surface area contributed by atoms with Crippen LogP contribution in [-0.4, -0.2) is 31.5 Å². The largest absolute Gasteiger partial charge is 0.496 e. The molecule has 0 bridgehead atoms. The first-order valence-corrected chi connectivity index (χ1v) is 12.3. The smallest absolute Gasteiger partial charge is 0.247 e. The molecular formula is C29H31ClN4O4. The number of carbonyl (C=O) groups excluding carboxylic acids is 2. The standard InChI is InChI=1S/C29H31ClN4O4/c1-7-20-23(37-5)14-24(38-6)28(30)27(20)22(32-16-35)13-19-15-31-25(12-18(19)4)34-29-17(3)10-9-11-21(29)33-26(36)8-2/h8-16H,2,7H2,1,3-6H3,(H,31,34)(H,32,35)(H,33,36)/b22-13-. The maximum atomic E-state index is 11.9. The minimum atomic E-state index is -0.308. The Hall–Kier alpha value is -4.30. The Morgan fingerprint density at radius 2 is 1.87 bits per heavy atom. The molecule has 0 aliphatic heterocycles. The Labute approximate surface area is 227 Å². The Morgan fingerprint density at radius 3 is 2.47 bits per heavy atom. The molecule has 3 rings (SSSR count). The molecule has 2 aromatic carbocycles. The van der Waals surface area contributed by atoms with Crippen molar-refractivity contribution in [1.29, 1.82) is 0 Å². The van der Waals surface area contributed by atoms with Gasteiger partial charge in [0.2, 0.25) is 12.3 Å². The summed E-state index contributed by atoms with van der Waals surface area (Å²) in [6.45, 7) is 9.36. The van der Waals surface area contributed by atoms with Crippen LogP contribution in [0.15, 0.2) is 49.2 Å². The van der Waals surface area contributed by atoms with E-state index in [1.807, 2.05) is 45.0 Å². The van der Waals surface area contributed by atoms with Gasteiger partial charge in [0.05, 0.1) is 36.3 Å². The van der Waals surface area contributed by atoms with E-state index >= 15 is 0 Å². The molecule has 1 aromatic heterocycles. The van der Waals surface area contributed by atoms with Crippen molar-refractivity contribution in [3.63, 3.8) is 0 Å². The molecule has 0 fully saturated rings. The number of anilines is 3. The van der Waals surface area contributed by atoms with Gasteiger partial charge in [-0.15, -0.1) is 0 Å². The second-order valence-electron chi connectivity index (χ2n) is 8.36. The van der Waals surface area contributed by atoms with E-state index in [1.54, 1.807) is 25.4 Å². The zero-order valence-electron chi connectivity index (χ0n) is 22.1. The summed E-state index contributed by atoms with van der Waals surface area (Å²) in [5.74, 6) is 1.32. The first-order chi connectivity index (χ1) is 18.3. The van der Waals surface area contributed by atoms with E-state index in [1.165, 1.54) is 13.2 Å². The maximum Gasteiger partial charge on any atom is 0.247 e. The van der Waals surface area contributed by atoms with E-state index in [2.05, 4.69) is 27.5 Å². The van der Waals surface area contributed by atoms with Crippen molar-refractivity contribution in [3.8, 4) is 11.5 Å². The van der Waals surface area contributed by atoms with Crippen LogP contribution in [0.3, 0.4) is 0 Å². The number of halogens is 1. The molecule has 38 heavy (non-hydrogen) atoms. The lowest BCUT2D eigenvalue weighted by molar-refractivity contribution is -0.112. The summed E-state index contributed by atoms with van der Waals surface area (Å²) in [5, 5.41) is 9.25. The molecule has 0 spiro atoms. The summed E-state index contributed by atoms with van der Waals surface area (Å²) in [4.78, 5) is 28.0. The normalized spacial score (nSPS) is 10.9. The van der Waals surface area contributed by atoms with Crippen LogP contribution in [0.25, 0.3) is 11.8 Å². The Morgan fingerprint density at radius 1 is 1.13 bits per heavy atom. The van der Waals surface area contributed by atoms with Crippen molar-refractivity contribution in [3.05, 3.63) is 82.0 Å². The fourth-order valence-electron chi connectivity index (χ4n) is 4.05. The van der Waals surface area contributed by atoms with E-state index < -0.39 is 0 Å². The van der Waals surface area contributed by atoms with Crippen molar-refractivity contribution < 1.29 is 19.1 Å². The Kier molecular flexibility index (Phi) is 9.51. The molecule has 0 saturated carbocycles. The van der Waals surface area contributed by atoms with Crippen molar-refractivity contribution in [2.24, 2.45) is 0 Å². The number of para-hydroxylation sites is 1. The number of ether oxygens (including phenoxy) is 2. The molecule has 0 aliphatic rings. The number of rotatable bonds is 11. The van der Waals surface area contributed by atoms with Gasteiger partial charge in [-0.25, -0.2) is 4.98 Å². The molecule has 1 heterocycles. The summed E-state index contributed by atoms with van der Waals surface area (Å²) in [6, 6.07) is 9.20. The summed E-state index contributed by atoms with van der Waals surface area (Å²) < 4.78 is 11.0. The minimum absolute atomic E-state index is 0.308. The number of carbonyl (C=O) groups is 2. The predicted molar refractivity (Wildman–Crippen MR) is 153 cm³/mol. The van der Waals surface area contributed by atoms with Crippen LogP contribution in [0.4, 0.5) is 17.2 Å². The number of amides is 2. The molecule has 0 radical (unpaired) electrons. The van der Waals surface area contributed by atoms with Gasteiger partial charge >= 0.3 is 0 Å². The molecule has 0 aliphatic carbocycles. The van der Waals surface area contributed by atoms with Crippen LogP contribution in [0.1, 0.15) is 34.7 Å². The highest BCUT2D eigenvalue weighted by molar-refractivity contribution is 6.34. The van der Waals surface area contributed by atoms with Crippen LogP contribution in [0.2, 0.25) is 5.02 Å². The molecule has 3 aromatic rings. The zero-order chi connectivity index (χ0) is 27.8. The van der Waals surface area contributed by atoms with Crippen LogP contribution in [-0.2, 0) is 16.0 Å². The van der Waals surface area contributed by atoms with Gasteiger partial charge < -0.3 is 25.4 Å². The average molecular weight is 535 g/mol. The lowest BCUT2D eigenvalue weighted by Crippen LogP contribution is -2.13. The SMILES string of the molecule is C=CC(=O)Nc1cccc(C)c1Nc1cc(C)c(/C=C(\NC=O)c2c(Cl)c(OC)cc(OC)c2CC)cn1. The number of aromatic nitrogens is 1. The van der Waals surface area contributed by atoms with E-state index in [-0.39, 0.29) is 5.91 Å². The van der Waals surface area contributed by atoms with Gasteiger partial charge in [-0.05, 0) is 61.2 Å². The van der Waals surface area contributed by atoms with Gasteiger partial charge in [0, 0.05) is 23.4 Å². The molecule has 9 heteroatoms. The summed E-state index contributed by atoms with van der Waals surface area (Å²) >= 11 is 6.71. The number of nitrogens with one attached hydrogen (secondary N) is 3. The fourth-order valence-corrected chi connectivity index (χ4v) is 4.40. The minimum Gasteiger partial charge on any atom is -0.496 e. The molecule has 3 N–H and O–H groups in total. The highest BCUT2D eigenvalue weighted by Crippen LogP contribution is 2.41. The second-order valence-corrected chi connectivity index (χ2v) is 8.74. The quantitative estimate of drug-likeness (QED) is 0.205. The van der Waals surface area contributed by atoms with Crippen molar-refractivity contribution in [2.75, 3.05) is 24.9 Å². The summed E-state index contributed by atoms with van der Waals surface area (Å²) in [7, 11) is 3.10. The first kappa shape index (κ1) is 28.3. The number of benzene rings is 2. The molecule has 8 nitrogen and oxygen atoms in total. The van der Waals surface area contributed by atoms with Gasteiger partial charge in [0.15, 0.2) is 0 Å². The number of methoxy groups -OCH3 is 2. The van der Waals surface area contributed by atoms with Crippen LogP contribution in [0.5, 0.6) is 11.5 Å². The monoisotopic (exact) mass is 534 g/mol. The van der Waals surface area contributed by atoms with Crippen LogP contribution >= 0.6 is 11.6 Å². The van der Waals surface area contributed by atoms with Gasteiger partial charge in [-0.2, -0.15) is 0 Å². The third kappa shape index (κ3) is 6.15. The number of hydrogen-bond donors (Lipinski definition) is 3. The average Bonchev–Trinajstić information content (AvgIpc) is 2.91. The molecular weight excluding hydrogens is 504 g/mol. The van der Waals surface area contributed by atoms with Crippen LogP contribution < -0.4 is 25.4 Å². The molecule has 0 unspecified atom stereocenters. The molecule has 0 saturated heterocycles. The van der Waals surface area contributed by atoms with E-state index in [4.69, 9.17) is 21.1 Å². The van der Waals surface area contributed by atoms with Crippen molar-refractivity contribution in [1.82, 2.24) is 10.3 Å². The Bertz CT molecular complexity index is 1400. The topological polar surface area (TPSA) is 102 Å². The highest BCUT2D eigenvalue weighted by atomic mass is 35.5. The van der Waals surface area contributed by atoms with Crippen LogP contribution in [0, 0.1) is 13.8 Å². The highest BCUT2D eigenvalue weighted by Gasteiger charge is 2.21. The van der Waals surface area contributed by atoms with E-state index in [9.17, 15) is 9.59 Å². The second kappa shape index (κ2) is 12.8. The van der Waals surface area contributed by atoms with Gasteiger partial charge in [-0.1, -0.05) is 37.2 Å². The fraction of sp³-hybridized carbons (Fsp3) is 0.207. The van der Waals surface area contributed by atoms with Crippen molar-refractivity contribution in [2.45, 2.75) is 27.2 Å². The lowest BCUT2D eigenvalue weighted by Gasteiger charge is -2.19. The maximum absolute atomic E-state index is 11.9. The summed E-state index contributed by atoms with van der Waals surface area (Å²) in [5.41, 5.74) is 5.86. The van der Waals surface area contributed by atoms with Crippen molar-refractivity contribution >= 4 is 52.9 Å². The molecule has 2 amide bonds. The van der Waals surface area contributed by atoms with E-state index in [0.29, 0.717) is 52.1 Å². The molecule has 0 atom stereocenters. The van der Waals surface area contributed by atoms with Gasteiger partial charge in [0.1, 0.15) is 17.3 Å². The predicted octanol–water partition coefficient (Wildman–Crippen LogP) is 6.04. The molecule has 198 valence electrons.